The van der Waals surface area contributed by atoms with Gasteiger partial charge in [0, 0.05) is 23.0 Å². The van der Waals surface area contributed by atoms with E-state index in [-0.39, 0.29) is 17.7 Å². The van der Waals surface area contributed by atoms with Gasteiger partial charge in [-0.1, -0.05) is 43.3 Å². The molecule has 0 radical (unpaired) electrons. The van der Waals surface area contributed by atoms with Crippen LogP contribution in [0.1, 0.15) is 25.0 Å². The van der Waals surface area contributed by atoms with Crippen molar-refractivity contribution >= 4 is 40.2 Å². The Morgan fingerprint density at radius 2 is 2.14 bits per heavy atom. The predicted molar refractivity (Wildman–Crippen MR) is 88.3 cm³/mol. The van der Waals surface area contributed by atoms with Crippen LogP contribution in [0, 0.1) is 0 Å². The number of nitrogens with zero attached hydrogens (tertiary/aromatic N) is 1. The number of nitrogens with one attached hydrogen (secondary N) is 1. The minimum atomic E-state index is -0.169. The number of carbonyl (C=O) groups excluding carboxylic acids is 2. The molecular weight excluding hydrogens is 308 g/mol. The van der Waals surface area contributed by atoms with E-state index < -0.39 is 0 Å². The number of carbonyl (C=O) groups is 2. The third-order valence-electron chi connectivity index (χ3n) is 3.52. The molecule has 1 aromatic rings. The maximum Gasteiger partial charge on any atom is 0.282 e. The lowest BCUT2D eigenvalue weighted by atomic mass is 10.0. The van der Waals surface area contributed by atoms with Crippen LogP contribution in [0.2, 0.25) is 5.02 Å². The van der Waals surface area contributed by atoms with E-state index in [2.05, 4.69) is 5.32 Å². The van der Waals surface area contributed by atoms with Gasteiger partial charge in [-0.05, 0) is 30.0 Å². The SMILES string of the molecule is CCc1ccc(Cl)c(CC)c1NC(=O)CN1CCSC1=O. The molecule has 0 aliphatic carbocycles. The van der Waals surface area contributed by atoms with E-state index in [0.29, 0.717) is 11.6 Å². The Balaban J connectivity index is 2.16. The van der Waals surface area contributed by atoms with Gasteiger partial charge < -0.3 is 10.2 Å². The normalized spacial score (nSPS) is 14.6. The Morgan fingerprint density at radius 1 is 1.38 bits per heavy atom. The largest absolute Gasteiger partial charge is 0.324 e. The number of amides is 2. The van der Waals surface area contributed by atoms with Crippen molar-refractivity contribution in [3.63, 3.8) is 0 Å². The molecule has 4 nitrogen and oxygen atoms in total. The molecule has 1 fully saturated rings. The molecule has 2 rings (SSSR count). The minimum absolute atomic E-state index is 0.0253. The molecule has 0 aromatic heterocycles. The first-order valence-corrected chi connectivity index (χ1v) is 8.45. The van der Waals surface area contributed by atoms with E-state index in [1.165, 1.54) is 11.8 Å². The smallest absolute Gasteiger partial charge is 0.282 e. The van der Waals surface area contributed by atoms with Gasteiger partial charge in [0.2, 0.25) is 5.91 Å². The molecule has 2 amide bonds. The lowest BCUT2D eigenvalue weighted by Crippen LogP contribution is -2.33. The van der Waals surface area contributed by atoms with Gasteiger partial charge in [-0.25, -0.2) is 0 Å². The number of anilines is 1. The van der Waals surface area contributed by atoms with Gasteiger partial charge in [-0.3, -0.25) is 9.59 Å². The summed E-state index contributed by atoms with van der Waals surface area (Å²) in [5, 5.41) is 3.58. The van der Waals surface area contributed by atoms with Crippen LogP contribution in [0.15, 0.2) is 12.1 Å². The highest BCUT2D eigenvalue weighted by Crippen LogP contribution is 2.29. The lowest BCUT2D eigenvalue weighted by molar-refractivity contribution is -0.116. The van der Waals surface area contributed by atoms with E-state index in [0.717, 1.165) is 35.4 Å². The first kappa shape index (κ1) is 16.2. The number of thioether (sulfide) groups is 1. The number of rotatable bonds is 5. The zero-order chi connectivity index (χ0) is 15.4. The Kier molecular flexibility index (Phi) is 5.53. The summed E-state index contributed by atoms with van der Waals surface area (Å²) in [4.78, 5) is 25.3. The molecule has 6 heteroatoms. The van der Waals surface area contributed by atoms with Crippen LogP contribution in [0.5, 0.6) is 0 Å². The summed E-state index contributed by atoms with van der Waals surface area (Å²) in [7, 11) is 0. The summed E-state index contributed by atoms with van der Waals surface area (Å²) in [5.74, 6) is 0.585. The lowest BCUT2D eigenvalue weighted by Gasteiger charge is -2.18. The maximum atomic E-state index is 12.2. The average molecular weight is 327 g/mol. The van der Waals surface area contributed by atoms with Crippen LogP contribution in [-0.2, 0) is 17.6 Å². The van der Waals surface area contributed by atoms with Crippen molar-refractivity contribution in [3.8, 4) is 0 Å². The van der Waals surface area contributed by atoms with Gasteiger partial charge in [-0.15, -0.1) is 0 Å². The maximum absolute atomic E-state index is 12.2. The monoisotopic (exact) mass is 326 g/mol. The second-order valence-corrected chi connectivity index (χ2v) is 6.30. The highest BCUT2D eigenvalue weighted by atomic mass is 35.5. The Labute approximate surface area is 134 Å². The van der Waals surface area contributed by atoms with Crippen LogP contribution in [0.25, 0.3) is 0 Å². The van der Waals surface area contributed by atoms with E-state index in [4.69, 9.17) is 11.6 Å². The fourth-order valence-corrected chi connectivity index (χ4v) is 3.50. The van der Waals surface area contributed by atoms with Crippen molar-refractivity contribution < 1.29 is 9.59 Å². The molecule has 0 saturated carbocycles. The summed E-state index contributed by atoms with van der Waals surface area (Å²) >= 11 is 7.47. The molecule has 0 spiro atoms. The molecule has 1 saturated heterocycles. The van der Waals surface area contributed by atoms with E-state index in [1.54, 1.807) is 4.90 Å². The first-order valence-electron chi connectivity index (χ1n) is 7.08. The van der Waals surface area contributed by atoms with E-state index in [1.807, 2.05) is 26.0 Å². The zero-order valence-electron chi connectivity index (χ0n) is 12.2. The minimum Gasteiger partial charge on any atom is -0.324 e. The highest BCUT2D eigenvalue weighted by molar-refractivity contribution is 8.13. The van der Waals surface area contributed by atoms with Crippen molar-refractivity contribution in [2.45, 2.75) is 26.7 Å². The Hall–Kier alpha value is -1.20. The van der Waals surface area contributed by atoms with Crippen molar-refractivity contribution in [2.24, 2.45) is 0 Å². The van der Waals surface area contributed by atoms with Gasteiger partial charge in [-0.2, -0.15) is 0 Å². The number of halogens is 1. The van der Waals surface area contributed by atoms with E-state index in [9.17, 15) is 9.59 Å². The molecule has 1 heterocycles. The molecule has 0 unspecified atom stereocenters. The summed E-state index contributed by atoms with van der Waals surface area (Å²) in [6.45, 7) is 4.79. The predicted octanol–water partition coefficient (Wildman–Crippen LogP) is 3.57. The quantitative estimate of drug-likeness (QED) is 0.899. The topological polar surface area (TPSA) is 49.4 Å². The average Bonchev–Trinajstić information content (AvgIpc) is 2.85. The van der Waals surface area contributed by atoms with Crippen LogP contribution in [-0.4, -0.2) is 34.9 Å². The zero-order valence-corrected chi connectivity index (χ0v) is 13.8. The van der Waals surface area contributed by atoms with Gasteiger partial charge >= 0.3 is 0 Å². The van der Waals surface area contributed by atoms with Gasteiger partial charge in [0.05, 0.1) is 0 Å². The number of aryl methyl sites for hydroxylation is 1. The highest BCUT2D eigenvalue weighted by Gasteiger charge is 2.24. The molecule has 0 atom stereocenters. The molecule has 114 valence electrons. The van der Waals surface area contributed by atoms with Gasteiger partial charge in [0.15, 0.2) is 0 Å². The summed E-state index contributed by atoms with van der Waals surface area (Å²) < 4.78 is 0. The summed E-state index contributed by atoms with van der Waals surface area (Å²) in [6.07, 6.45) is 1.57. The summed E-state index contributed by atoms with van der Waals surface area (Å²) in [6, 6.07) is 3.81. The second kappa shape index (κ2) is 7.18. The molecule has 1 aliphatic rings. The van der Waals surface area contributed by atoms with E-state index >= 15 is 0 Å². The van der Waals surface area contributed by atoms with Crippen molar-refractivity contribution in [2.75, 3.05) is 24.2 Å². The molecule has 1 N–H and O–H groups in total. The third kappa shape index (κ3) is 3.71. The molecule has 0 bridgehead atoms. The van der Waals surface area contributed by atoms with Crippen LogP contribution in [0.4, 0.5) is 10.5 Å². The van der Waals surface area contributed by atoms with Crippen molar-refractivity contribution in [1.82, 2.24) is 4.90 Å². The number of hydrogen-bond acceptors (Lipinski definition) is 3. The van der Waals surface area contributed by atoms with Crippen LogP contribution < -0.4 is 5.32 Å². The Morgan fingerprint density at radius 3 is 2.71 bits per heavy atom. The molecule has 1 aromatic carbocycles. The van der Waals surface area contributed by atoms with Crippen molar-refractivity contribution in [1.29, 1.82) is 0 Å². The fourth-order valence-electron chi connectivity index (χ4n) is 2.39. The number of hydrogen-bond donors (Lipinski definition) is 1. The van der Waals surface area contributed by atoms with Gasteiger partial charge in [0.1, 0.15) is 6.54 Å². The van der Waals surface area contributed by atoms with Gasteiger partial charge in [0.25, 0.3) is 5.24 Å². The standard InChI is InChI=1S/C15H19ClN2O2S/c1-3-10-5-6-12(16)11(4-2)14(10)17-13(19)9-18-7-8-21-15(18)20/h5-6H,3-4,7-9H2,1-2H3,(H,17,19). The molecule has 21 heavy (non-hydrogen) atoms. The Bertz CT molecular complexity index is 563. The van der Waals surface area contributed by atoms with Crippen molar-refractivity contribution in [3.05, 3.63) is 28.3 Å². The second-order valence-electron chi connectivity index (χ2n) is 4.85. The third-order valence-corrected chi connectivity index (χ3v) is 4.77. The number of benzene rings is 1. The van der Waals surface area contributed by atoms with Crippen LogP contribution >= 0.6 is 23.4 Å². The molecule has 1 aliphatic heterocycles. The summed E-state index contributed by atoms with van der Waals surface area (Å²) in [5.41, 5.74) is 2.81. The fraction of sp³-hybridized carbons (Fsp3) is 0.467. The molecular formula is C15H19ClN2O2S. The first-order chi connectivity index (χ1) is 10.1. The van der Waals surface area contributed by atoms with Crippen LogP contribution in [0.3, 0.4) is 0 Å².